The highest BCUT2D eigenvalue weighted by atomic mass is 15.3. The molecule has 5 heteroatoms. The predicted octanol–water partition coefficient (Wildman–Crippen LogP) is 2.30. The Labute approximate surface area is 126 Å². The summed E-state index contributed by atoms with van der Waals surface area (Å²) in [6.07, 6.45) is 2.35. The molecule has 0 aliphatic carbocycles. The van der Waals surface area contributed by atoms with Gasteiger partial charge in [-0.1, -0.05) is 43.2 Å². The number of hydrogen-bond acceptors (Lipinski definition) is 4. The highest BCUT2D eigenvalue weighted by Crippen LogP contribution is 2.20. The zero-order valence-corrected chi connectivity index (χ0v) is 13.3. The maximum absolute atomic E-state index is 5.77. The molecule has 2 rings (SSSR count). The Hall–Kier alpha value is -1.72. The average molecular weight is 287 g/mol. The summed E-state index contributed by atoms with van der Waals surface area (Å²) < 4.78 is 1.97. The monoisotopic (exact) mass is 287 g/mol. The fourth-order valence-corrected chi connectivity index (χ4v) is 2.61. The average Bonchev–Trinajstić information content (AvgIpc) is 2.81. The molecular formula is C16H25N5. The molecule has 2 aromatic rings. The van der Waals surface area contributed by atoms with E-state index >= 15 is 0 Å². The van der Waals surface area contributed by atoms with Gasteiger partial charge < -0.3 is 0 Å². The minimum atomic E-state index is 0.0405. The summed E-state index contributed by atoms with van der Waals surface area (Å²) in [7, 11) is 0. The predicted molar refractivity (Wildman–Crippen MR) is 84.5 cm³/mol. The number of hydrogen-bond donors (Lipinski definition) is 2. The number of nitrogens with one attached hydrogen (secondary N) is 1. The van der Waals surface area contributed by atoms with Gasteiger partial charge in [0.15, 0.2) is 0 Å². The molecular weight excluding hydrogens is 262 g/mol. The number of aromatic nitrogens is 3. The Morgan fingerprint density at radius 3 is 2.43 bits per heavy atom. The van der Waals surface area contributed by atoms with Crippen LogP contribution in [-0.4, -0.2) is 14.8 Å². The molecule has 1 atom stereocenters. The van der Waals surface area contributed by atoms with Crippen molar-refractivity contribution in [1.29, 1.82) is 0 Å². The van der Waals surface area contributed by atoms with Crippen molar-refractivity contribution in [1.82, 2.24) is 20.2 Å². The second-order valence-electron chi connectivity index (χ2n) is 6.10. The molecule has 0 fully saturated rings. The van der Waals surface area contributed by atoms with Crippen LogP contribution in [-0.2, 0) is 13.0 Å². The summed E-state index contributed by atoms with van der Waals surface area (Å²) in [6, 6.07) is 6.54. The number of nitrogens with two attached hydrogens (primary N) is 1. The fraction of sp³-hybridized carbons (Fsp3) is 0.500. The lowest BCUT2D eigenvalue weighted by atomic mass is 9.99. The van der Waals surface area contributed by atoms with Gasteiger partial charge in [-0.3, -0.25) is 11.3 Å². The van der Waals surface area contributed by atoms with Gasteiger partial charge in [0.2, 0.25) is 0 Å². The van der Waals surface area contributed by atoms with Crippen molar-refractivity contribution in [2.45, 2.75) is 46.7 Å². The summed E-state index contributed by atoms with van der Waals surface area (Å²) in [5.41, 5.74) is 6.59. The third-order valence-corrected chi connectivity index (χ3v) is 3.47. The SMILES string of the molecule is Cc1cc(C)cc(C(Cc2ncnn2CC(C)C)NN)c1. The quantitative estimate of drug-likeness (QED) is 0.632. The van der Waals surface area contributed by atoms with Crippen LogP contribution in [0.15, 0.2) is 24.5 Å². The van der Waals surface area contributed by atoms with Gasteiger partial charge in [-0.2, -0.15) is 5.10 Å². The minimum Gasteiger partial charge on any atom is -0.271 e. The van der Waals surface area contributed by atoms with Crippen LogP contribution >= 0.6 is 0 Å². The molecule has 114 valence electrons. The van der Waals surface area contributed by atoms with E-state index in [1.165, 1.54) is 16.7 Å². The smallest absolute Gasteiger partial charge is 0.138 e. The number of aryl methyl sites for hydroxylation is 2. The van der Waals surface area contributed by atoms with Crippen LogP contribution in [0.2, 0.25) is 0 Å². The molecule has 0 saturated heterocycles. The van der Waals surface area contributed by atoms with Crippen LogP contribution in [0.25, 0.3) is 0 Å². The molecule has 1 aromatic heterocycles. The van der Waals surface area contributed by atoms with E-state index in [9.17, 15) is 0 Å². The Morgan fingerprint density at radius 1 is 1.19 bits per heavy atom. The van der Waals surface area contributed by atoms with Crippen LogP contribution in [0, 0.1) is 19.8 Å². The van der Waals surface area contributed by atoms with Gasteiger partial charge in [0.1, 0.15) is 12.2 Å². The molecule has 1 heterocycles. The van der Waals surface area contributed by atoms with Crippen molar-refractivity contribution >= 4 is 0 Å². The van der Waals surface area contributed by atoms with Crippen molar-refractivity contribution in [2.24, 2.45) is 11.8 Å². The van der Waals surface area contributed by atoms with E-state index < -0.39 is 0 Å². The van der Waals surface area contributed by atoms with Crippen molar-refractivity contribution in [3.8, 4) is 0 Å². The molecule has 1 unspecified atom stereocenters. The summed E-state index contributed by atoms with van der Waals surface area (Å²) in [5, 5.41) is 4.31. The summed E-state index contributed by atoms with van der Waals surface area (Å²) in [6.45, 7) is 9.43. The molecule has 0 spiro atoms. The largest absolute Gasteiger partial charge is 0.271 e. The first kappa shape index (κ1) is 15.7. The molecule has 0 bridgehead atoms. The fourth-order valence-electron chi connectivity index (χ4n) is 2.61. The van der Waals surface area contributed by atoms with Crippen molar-refractivity contribution in [3.63, 3.8) is 0 Å². The van der Waals surface area contributed by atoms with E-state index in [0.717, 1.165) is 18.8 Å². The lowest BCUT2D eigenvalue weighted by Crippen LogP contribution is -2.30. The van der Waals surface area contributed by atoms with Gasteiger partial charge in [-0.15, -0.1) is 0 Å². The van der Waals surface area contributed by atoms with Crippen molar-refractivity contribution in [2.75, 3.05) is 0 Å². The van der Waals surface area contributed by atoms with Crippen molar-refractivity contribution in [3.05, 3.63) is 47.0 Å². The first-order valence-corrected chi connectivity index (χ1v) is 7.40. The summed E-state index contributed by atoms with van der Waals surface area (Å²) in [5.74, 6) is 7.27. The summed E-state index contributed by atoms with van der Waals surface area (Å²) in [4.78, 5) is 4.38. The van der Waals surface area contributed by atoms with E-state index in [1.807, 2.05) is 4.68 Å². The van der Waals surface area contributed by atoms with E-state index in [-0.39, 0.29) is 6.04 Å². The molecule has 1 aromatic carbocycles. The van der Waals surface area contributed by atoms with Crippen LogP contribution in [0.3, 0.4) is 0 Å². The summed E-state index contributed by atoms with van der Waals surface area (Å²) >= 11 is 0. The van der Waals surface area contributed by atoms with Gasteiger partial charge in [0, 0.05) is 13.0 Å². The second kappa shape index (κ2) is 6.83. The van der Waals surface area contributed by atoms with Gasteiger partial charge in [0.25, 0.3) is 0 Å². The third kappa shape index (κ3) is 4.12. The molecule has 0 radical (unpaired) electrons. The Kier molecular flexibility index (Phi) is 5.09. The van der Waals surface area contributed by atoms with Crippen LogP contribution in [0.4, 0.5) is 0 Å². The Morgan fingerprint density at radius 2 is 1.86 bits per heavy atom. The van der Waals surface area contributed by atoms with Gasteiger partial charge in [-0.05, 0) is 25.3 Å². The number of hydrazine groups is 1. The maximum atomic E-state index is 5.77. The number of rotatable bonds is 6. The molecule has 0 amide bonds. The minimum absolute atomic E-state index is 0.0405. The Balaban J connectivity index is 2.21. The van der Waals surface area contributed by atoms with E-state index in [4.69, 9.17) is 5.84 Å². The van der Waals surface area contributed by atoms with Crippen LogP contribution in [0.1, 0.15) is 42.4 Å². The first-order chi connectivity index (χ1) is 9.99. The van der Waals surface area contributed by atoms with E-state index in [1.54, 1.807) is 6.33 Å². The van der Waals surface area contributed by atoms with Crippen molar-refractivity contribution < 1.29 is 0 Å². The normalized spacial score (nSPS) is 12.9. The molecule has 5 nitrogen and oxygen atoms in total. The van der Waals surface area contributed by atoms with Gasteiger partial charge >= 0.3 is 0 Å². The number of benzene rings is 1. The lowest BCUT2D eigenvalue weighted by Gasteiger charge is -2.18. The highest BCUT2D eigenvalue weighted by Gasteiger charge is 2.16. The number of nitrogens with zero attached hydrogens (tertiary/aromatic N) is 3. The molecule has 0 saturated carbocycles. The Bertz CT molecular complexity index is 568. The van der Waals surface area contributed by atoms with E-state index in [2.05, 4.69) is 61.4 Å². The zero-order valence-electron chi connectivity index (χ0n) is 13.3. The molecule has 0 aliphatic rings. The van der Waals surface area contributed by atoms with E-state index in [0.29, 0.717) is 5.92 Å². The van der Waals surface area contributed by atoms with Gasteiger partial charge in [0.05, 0.1) is 6.04 Å². The third-order valence-electron chi connectivity index (χ3n) is 3.47. The first-order valence-electron chi connectivity index (χ1n) is 7.40. The highest BCUT2D eigenvalue weighted by molar-refractivity contribution is 5.31. The molecule has 21 heavy (non-hydrogen) atoms. The lowest BCUT2D eigenvalue weighted by molar-refractivity contribution is 0.446. The molecule has 3 N–H and O–H groups in total. The van der Waals surface area contributed by atoms with Gasteiger partial charge in [-0.25, -0.2) is 9.67 Å². The zero-order chi connectivity index (χ0) is 15.4. The second-order valence-corrected chi connectivity index (χ2v) is 6.10. The topological polar surface area (TPSA) is 68.8 Å². The van der Waals surface area contributed by atoms with Crippen LogP contribution < -0.4 is 11.3 Å². The molecule has 0 aliphatic heterocycles. The van der Waals surface area contributed by atoms with Crippen LogP contribution in [0.5, 0.6) is 0 Å². The standard InChI is InChI=1S/C16H25N5/c1-11(2)9-21-16(18-10-19-21)8-15(20-17)14-6-12(3)5-13(4)7-14/h5-7,10-11,15,20H,8-9,17H2,1-4H3. The maximum Gasteiger partial charge on any atom is 0.138 e.